The number of aromatic amines is 1. The number of rotatable bonds is 3. The number of nitrogens with zero attached hydrogens (tertiary/aromatic N) is 3. The summed E-state index contributed by atoms with van der Waals surface area (Å²) in [7, 11) is 0. The summed E-state index contributed by atoms with van der Waals surface area (Å²) in [6, 6.07) is 7.22. The first kappa shape index (κ1) is 12.2. The Balaban J connectivity index is 2.27. The Labute approximate surface area is 112 Å². The molecule has 1 unspecified atom stereocenters. The van der Waals surface area contributed by atoms with Crippen molar-refractivity contribution in [2.75, 3.05) is 0 Å². The second-order valence-corrected chi connectivity index (χ2v) is 5.02. The average molecular weight is 285 g/mol. The molecule has 1 aromatic carbocycles. The minimum absolute atomic E-state index is 0.451. The van der Waals surface area contributed by atoms with Gasteiger partial charge in [0.2, 0.25) is 0 Å². The Hall–Kier alpha value is -1.22. The van der Waals surface area contributed by atoms with Crippen molar-refractivity contribution in [1.29, 1.82) is 5.26 Å². The highest BCUT2D eigenvalue weighted by atomic mass is 35.5. The predicted molar refractivity (Wildman–Crippen MR) is 67.1 cm³/mol. The fraction of sp³-hybridized carbons (Fsp3) is 0.100. The van der Waals surface area contributed by atoms with Gasteiger partial charge in [-0.1, -0.05) is 41.0 Å². The standard InChI is InChI=1S/C10H6Cl2N4S/c11-6-1-2-7(8(12)3-6)9(4-13)17-10-14-5-15-16-10/h1-3,5,9H,(H,14,15,16). The van der Waals surface area contributed by atoms with Gasteiger partial charge in [0.1, 0.15) is 11.6 Å². The van der Waals surface area contributed by atoms with E-state index in [1.807, 2.05) is 0 Å². The molecule has 0 aliphatic heterocycles. The van der Waals surface area contributed by atoms with Gasteiger partial charge in [-0.25, -0.2) is 4.98 Å². The second-order valence-electron chi connectivity index (χ2n) is 3.08. The number of halogens is 2. The predicted octanol–water partition coefficient (Wildman–Crippen LogP) is 3.47. The van der Waals surface area contributed by atoms with Gasteiger partial charge in [-0.3, -0.25) is 5.10 Å². The third kappa shape index (κ3) is 2.91. The lowest BCUT2D eigenvalue weighted by Crippen LogP contribution is -1.93. The van der Waals surface area contributed by atoms with E-state index < -0.39 is 5.25 Å². The Morgan fingerprint density at radius 1 is 1.41 bits per heavy atom. The maximum atomic E-state index is 9.15. The maximum Gasteiger partial charge on any atom is 0.185 e. The quantitative estimate of drug-likeness (QED) is 0.877. The van der Waals surface area contributed by atoms with Gasteiger partial charge in [0.05, 0.1) is 6.07 Å². The Morgan fingerprint density at radius 3 is 2.82 bits per heavy atom. The maximum absolute atomic E-state index is 9.15. The molecule has 2 aromatic rings. The fourth-order valence-electron chi connectivity index (χ4n) is 1.24. The van der Waals surface area contributed by atoms with Crippen LogP contribution in [0.15, 0.2) is 29.7 Å². The van der Waals surface area contributed by atoms with Crippen LogP contribution in [0.4, 0.5) is 0 Å². The number of benzene rings is 1. The second kappa shape index (κ2) is 5.41. The number of hydrogen-bond acceptors (Lipinski definition) is 4. The van der Waals surface area contributed by atoms with E-state index in [1.54, 1.807) is 18.2 Å². The van der Waals surface area contributed by atoms with E-state index in [9.17, 15) is 0 Å². The van der Waals surface area contributed by atoms with Gasteiger partial charge in [-0.2, -0.15) is 10.4 Å². The SMILES string of the molecule is N#CC(Sc1ncn[nH]1)c1ccc(Cl)cc1Cl. The third-order valence-electron chi connectivity index (χ3n) is 1.98. The highest BCUT2D eigenvalue weighted by molar-refractivity contribution is 7.99. The molecule has 7 heteroatoms. The van der Waals surface area contributed by atoms with Crippen molar-refractivity contribution in [2.24, 2.45) is 0 Å². The number of aromatic nitrogens is 3. The molecule has 0 saturated carbocycles. The summed E-state index contributed by atoms with van der Waals surface area (Å²) < 4.78 is 0. The van der Waals surface area contributed by atoms with Crippen LogP contribution >= 0.6 is 35.0 Å². The van der Waals surface area contributed by atoms with E-state index >= 15 is 0 Å². The lowest BCUT2D eigenvalue weighted by molar-refractivity contribution is 0.969. The van der Waals surface area contributed by atoms with Gasteiger partial charge in [0.25, 0.3) is 0 Å². The normalized spacial score (nSPS) is 12.1. The summed E-state index contributed by atoms with van der Waals surface area (Å²) in [6.45, 7) is 0. The largest absolute Gasteiger partial charge is 0.254 e. The highest BCUT2D eigenvalue weighted by Gasteiger charge is 2.17. The Kier molecular flexibility index (Phi) is 3.89. The molecular formula is C10H6Cl2N4S. The van der Waals surface area contributed by atoms with Gasteiger partial charge < -0.3 is 0 Å². The molecule has 0 aliphatic carbocycles. The number of H-pyrrole nitrogens is 1. The summed E-state index contributed by atoms with van der Waals surface area (Å²) >= 11 is 13.1. The number of thioether (sulfide) groups is 1. The van der Waals surface area contributed by atoms with E-state index in [4.69, 9.17) is 28.5 Å². The molecule has 0 spiro atoms. The Morgan fingerprint density at radius 2 is 2.24 bits per heavy atom. The van der Waals surface area contributed by atoms with Crippen molar-refractivity contribution in [1.82, 2.24) is 15.2 Å². The van der Waals surface area contributed by atoms with E-state index in [0.717, 1.165) is 0 Å². The zero-order valence-electron chi connectivity index (χ0n) is 8.39. The highest BCUT2D eigenvalue weighted by Crippen LogP contribution is 2.36. The van der Waals surface area contributed by atoms with Crippen molar-refractivity contribution in [3.63, 3.8) is 0 Å². The molecule has 1 heterocycles. The molecule has 1 atom stereocenters. The number of nitriles is 1. The zero-order chi connectivity index (χ0) is 12.3. The molecule has 17 heavy (non-hydrogen) atoms. The summed E-state index contributed by atoms with van der Waals surface area (Å²) in [4.78, 5) is 3.95. The molecule has 1 aromatic heterocycles. The molecule has 1 N–H and O–H groups in total. The van der Waals surface area contributed by atoms with E-state index in [1.165, 1.54) is 18.1 Å². The monoisotopic (exact) mass is 284 g/mol. The topological polar surface area (TPSA) is 65.4 Å². The molecular weight excluding hydrogens is 279 g/mol. The fourth-order valence-corrected chi connectivity index (χ4v) is 2.64. The summed E-state index contributed by atoms with van der Waals surface area (Å²) in [6.07, 6.45) is 1.39. The molecule has 86 valence electrons. The van der Waals surface area contributed by atoms with Crippen LogP contribution in [0.2, 0.25) is 10.0 Å². The molecule has 4 nitrogen and oxygen atoms in total. The van der Waals surface area contributed by atoms with Crippen molar-refractivity contribution in [3.8, 4) is 6.07 Å². The molecule has 0 fully saturated rings. The first-order valence-corrected chi connectivity index (χ1v) is 6.21. The summed E-state index contributed by atoms with van der Waals surface area (Å²) in [5.74, 6) is 0. The zero-order valence-corrected chi connectivity index (χ0v) is 10.7. The van der Waals surface area contributed by atoms with E-state index in [-0.39, 0.29) is 0 Å². The van der Waals surface area contributed by atoms with E-state index in [0.29, 0.717) is 20.8 Å². The molecule has 0 saturated heterocycles. The van der Waals surface area contributed by atoms with Crippen molar-refractivity contribution in [3.05, 3.63) is 40.1 Å². The molecule has 2 rings (SSSR count). The molecule has 0 radical (unpaired) electrons. The van der Waals surface area contributed by atoms with Gasteiger partial charge >= 0.3 is 0 Å². The lowest BCUT2D eigenvalue weighted by Gasteiger charge is -2.09. The summed E-state index contributed by atoms with van der Waals surface area (Å²) in [5.41, 5.74) is 0.708. The minimum Gasteiger partial charge on any atom is -0.254 e. The van der Waals surface area contributed by atoms with Crippen molar-refractivity contribution < 1.29 is 0 Å². The third-order valence-corrected chi connectivity index (χ3v) is 3.56. The van der Waals surface area contributed by atoms with Gasteiger partial charge in [0, 0.05) is 10.0 Å². The smallest absolute Gasteiger partial charge is 0.185 e. The van der Waals surface area contributed by atoms with Gasteiger partial charge in [-0.15, -0.1) is 0 Å². The van der Waals surface area contributed by atoms with Gasteiger partial charge in [0.15, 0.2) is 5.16 Å². The first-order valence-electron chi connectivity index (χ1n) is 4.57. The summed E-state index contributed by atoms with van der Waals surface area (Å²) in [5, 5.41) is 16.7. The molecule has 0 bridgehead atoms. The van der Waals surface area contributed by atoms with Crippen LogP contribution in [0.1, 0.15) is 10.8 Å². The average Bonchev–Trinajstić information content (AvgIpc) is 2.79. The van der Waals surface area contributed by atoms with Gasteiger partial charge in [-0.05, 0) is 17.7 Å². The van der Waals surface area contributed by atoms with Crippen molar-refractivity contribution >= 4 is 35.0 Å². The Bertz CT molecular complexity index is 550. The van der Waals surface area contributed by atoms with Crippen LogP contribution in [0, 0.1) is 11.3 Å². The van der Waals surface area contributed by atoms with Crippen molar-refractivity contribution in [2.45, 2.75) is 10.4 Å². The van der Waals surface area contributed by atoms with Crippen LogP contribution in [-0.4, -0.2) is 15.2 Å². The molecule has 0 amide bonds. The lowest BCUT2D eigenvalue weighted by atomic mass is 10.1. The van der Waals surface area contributed by atoms with Crippen LogP contribution < -0.4 is 0 Å². The molecule has 0 aliphatic rings. The van der Waals surface area contributed by atoms with Crippen LogP contribution in [0.3, 0.4) is 0 Å². The number of hydrogen-bond donors (Lipinski definition) is 1. The minimum atomic E-state index is -0.451. The van der Waals surface area contributed by atoms with Crippen LogP contribution in [0.5, 0.6) is 0 Å². The number of nitrogens with one attached hydrogen (secondary N) is 1. The van der Waals surface area contributed by atoms with Crippen LogP contribution in [0.25, 0.3) is 0 Å². The van der Waals surface area contributed by atoms with E-state index in [2.05, 4.69) is 21.3 Å². The van der Waals surface area contributed by atoms with Crippen LogP contribution in [-0.2, 0) is 0 Å². The first-order chi connectivity index (χ1) is 8.20.